The summed E-state index contributed by atoms with van der Waals surface area (Å²) in [7, 11) is 1.67. The zero-order chi connectivity index (χ0) is 44.1. The number of hydrogen-bond donors (Lipinski definition) is 1. The lowest BCUT2D eigenvalue weighted by Gasteiger charge is -2.24. The fraction of sp³-hybridized carbons (Fsp3) is 0.863. The molecule has 1 N–H and O–H groups in total. The molecule has 0 aliphatic rings. The number of ether oxygens (including phenoxy) is 2. The van der Waals surface area contributed by atoms with Gasteiger partial charge in [0.15, 0.2) is 0 Å². The minimum atomic E-state index is -4.28. The number of phosphoric ester groups is 1. The van der Waals surface area contributed by atoms with E-state index in [-0.39, 0.29) is 25.8 Å². The van der Waals surface area contributed by atoms with Crippen LogP contribution in [-0.4, -0.2) is 75.6 Å². The molecule has 2 unspecified atom stereocenters. The summed E-state index contributed by atoms with van der Waals surface area (Å²) in [5, 5.41) is 0. The summed E-state index contributed by atoms with van der Waals surface area (Å²) >= 11 is 0. The Labute approximate surface area is 372 Å². The van der Waals surface area contributed by atoms with Crippen LogP contribution in [0.4, 0.5) is 0 Å². The molecule has 0 aliphatic carbocycles. The van der Waals surface area contributed by atoms with Crippen LogP contribution in [0.3, 0.4) is 0 Å². The van der Waals surface area contributed by atoms with E-state index in [4.69, 9.17) is 18.5 Å². The third kappa shape index (κ3) is 47.8. The summed E-state index contributed by atoms with van der Waals surface area (Å²) in [5.41, 5.74) is 0. The smallest absolute Gasteiger partial charge is 0.457 e. The number of esters is 1. The molecule has 0 saturated carbocycles. The van der Waals surface area contributed by atoms with E-state index in [1.54, 1.807) is 0 Å². The summed E-state index contributed by atoms with van der Waals surface area (Å²) < 4.78 is 35.1. The molecule has 0 fully saturated rings. The van der Waals surface area contributed by atoms with Gasteiger partial charge in [0.1, 0.15) is 19.3 Å². The number of likely N-dealkylation sites (N-methyl/N-ethyl adjacent to an activating group) is 1. The minimum Gasteiger partial charge on any atom is -0.457 e. The van der Waals surface area contributed by atoms with Crippen LogP contribution in [-0.2, 0) is 27.9 Å². The first kappa shape index (κ1) is 58.7. The van der Waals surface area contributed by atoms with Gasteiger partial charge < -0.3 is 18.9 Å². The molecule has 0 aromatic carbocycles. The highest BCUT2D eigenvalue weighted by molar-refractivity contribution is 7.47. The second kappa shape index (κ2) is 44.3. The van der Waals surface area contributed by atoms with E-state index in [0.29, 0.717) is 24.1 Å². The van der Waals surface area contributed by atoms with Crippen molar-refractivity contribution in [2.24, 2.45) is 0 Å². The molecule has 0 aliphatic heterocycles. The third-order valence-electron chi connectivity index (χ3n) is 10.9. The van der Waals surface area contributed by atoms with E-state index >= 15 is 0 Å². The van der Waals surface area contributed by atoms with Crippen LogP contribution in [0.15, 0.2) is 36.5 Å². The normalized spacial score (nSPS) is 13.9. The number of hydrogen-bond acceptors (Lipinski definition) is 6. The fourth-order valence-corrected chi connectivity index (χ4v) is 7.73. The molecule has 0 saturated heterocycles. The van der Waals surface area contributed by atoms with Crippen molar-refractivity contribution in [3.63, 3.8) is 0 Å². The predicted molar refractivity (Wildman–Crippen MR) is 256 cm³/mol. The Balaban J connectivity index is 4.13. The summed E-state index contributed by atoms with van der Waals surface area (Å²) in [6.07, 6.45) is 53.3. The lowest BCUT2D eigenvalue weighted by atomic mass is 10.0. The van der Waals surface area contributed by atoms with Crippen molar-refractivity contribution in [2.45, 2.75) is 232 Å². The van der Waals surface area contributed by atoms with Crippen molar-refractivity contribution in [1.29, 1.82) is 0 Å². The van der Waals surface area contributed by atoms with E-state index in [1.807, 2.05) is 21.1 Å². The molecule has 0 spiro atoms. The number of carbonyl (C=O) groups excluding carboxylic acids is 1. The molecule has 2 atom stereocenters. The Kier molecular flexibility index (Phi) is 43.4. The number of unbranched alkanes of at least 4 members (excludes halogenated alkanes) is 27. The van der Waals surface area contributed by atoms with Gasteiger partial charge in [-0.25, -0.2) is 4.57 Å². The lowest BCUT2D eigenvalue weighted by molar-refractivity contribution is -0.870. The molecule has 354 valence electrons. The maximum absolute atomic E-state index is 12.8. The van der Waals surface area contributed by atoms with Gasteiger partial charge in [0.05, 0.1) is 34.4 Å². The Morgan fingerprint density at radius 2 is 0.917 bits per heavy atom. The highest BCUT2D eigenvalue weighted by Gasteiger charge is 2.26. The zero-order valence-corrected chi connectivity index (χ0v) is 41.1. The number of allylic oxidation sites excluding steroid dienone is 6. The SMILES string of the molecule is CCCCCCC/C=C\C/C=C\CCCCCCCCCCCCCC(=O)OC(COCCCCCCCC/C=C\CCCCCCC)COP(=O)(O)OCC[N+](C)(C)C. The second-order valence-electron chi connectivity index (χ2n) is 18.2. The average Bonchev–Trinajstić information content (AvgIpc) is 3.20. The van der Waals surface area contributed by atoms with Crippen LogP contribution < -0.4 is 0 Å². The Hall–Kier alpha value is -1.28. The lowest BCUT2D eigenvalue weighted by Crippen LogP contribution is -2.37. The molecule has 0 heterocycles. The number of rotatable bonds is 47. The summed E-state index contributed by atoms with van der Waals surface area (Å²) in [5.74, 6) is -0.316. The summed E-state index contributed by atoms with van der Waals surface area (Å²) in [6.45, 7) is 5.62. The van der Waals surface area contributed by atoms with Crippen LogP contribution in [0.25, 0.3) is 0 Å². The summed E-state index contributed by atoms with van der Waals surface area (Å²) in [4.78, 5) is 23.0. The monoisotopic (exact) mass is 869 g/mol. The van der Waals surface area contributed by atoms with E-state index in [0.717, 1.165) is 38.5 Å². The fourth-order valence-electron chi connectivity index (χ4n) is 6.99. The predicted octanol–water partition coefficient (Wildman–Crippen LogP) is 15.3. The molecular weight excluding hydrogens is 770 g/mol. The van der Waals surface area contributed by atoms with Gasteiger partial charge >= 0.3 is 13.8 Å². The van der Waals surface area contributed by atoms with Crippen LogP contribution in [0.5, 0.6) is 0 Å². The molecule has 0 amide bonds. The molecule has 0 bridgehead atoms. The minimum absolute atomic E-state index is 0.0874. The molecule has 0 aromatic heterocycles. The first-order valence-electron chi connectivity index (χ1n) is 25.2. The van der Waals surface area contributed by atoms with Crippen LogP contribution >= 0.6 is 7.82 Å². The van der Waals surface area contributed by atoms with Crippen LogP contribution in [0.1, 0.15) is 226 Å². The number of quaternary nitrogens is 1. The average molecular weight is 869 g/mol. The van der Waals surface area contributed by atoms with Crippen molar-refractivity contribution in [2.75, 3.05) is 54.1 Å². The number of nitrogens with zero attached hydrogens (tertiary/aromatic N) is 1. The highest BCUT2D eigenvalue weighted by Crippen LogP contribution is 2.43. The van der Waals surface area contributed by atoms with Crippen LogP contribution in [0, 0.1) is 0 Å². The van der Waals surface area contributed by atoms with Gasteiger partial charge in [-0.3, -0.25) is 13.8 Å². The first-order valence-corrected chi connectivity index (χ1v) is 26.7. The Morgan fingerprint density at radius 3 is 1.37 bits per heavy atom. The van der Waals surface area contributed by atoms with Gasteiger partial charge in [-0.05, 0) is 70.6 Å². The molecule has 9 heteroatoms. The first-order chi connectivity index (χ1) is 29.1. The third-order valence-corrected chi connectivity index (χ3v) is 11.9. The molecule has 8 nitrogen and oxygen atoms in total. The van der Waals surface area contributed by atoms with E-state index in [9.17, 15) is 14.3 Å². The Bertz CT molecular complexity index is 1060. The molecule has 0 rings (SSSR count). The summed E-state index contributed by atoms with van der Waals surface area (Å²) in [6, 6.07) is 0. The van der Waals surface area contributed by atoms with Crippen molar-refractivity contribution in [1.82, 2.24) is 0 Å². The zero-order valence-electron chi connectivity index (χ0n) is 40.2. The van der Waals surface area contributed by atoms with Gasteiger partial charge in [-0.1, -0.05) is 185 Å². The maximum Gasteiger partial charge on any atom is 0.472 e. The second-order valence-corrected chi connectivity index (χ2v) is 19.6. The van der Waals surface area contributed by atoms with Crippen molar-refractivity contribution in [3.05, 3.63) is 36.5 Å². The van der Waals surface area contributed by atoms with E-state index < -0.39 is 13.9 Å². The number of phosphoric acid groups is 1. The molecule has 0 radical (unpaired) electrons. The van der Waals surface area contributed by atoms with Gasteiger partial charge in [0.2, 0.25) is 0 Å². The van der Waals surface area contributed by atoms with Gasteiger partial charge in [0, 0.05) is 13.0 Å². The van der Waals surface area contributed by atoms with Gasteiger partial charge in [-0.15, -0.1) is 0 Å². The van der Waals surface area contributed by atoms with Gasteiger partial charge in [-0.2, -0.15) is 0 Å². The molecule has 60 heavy (non-hydrogen) atoms. The largest absolute Gasteiger partial charge is 0.472 e. The molecule has 0 aromatic rings. The van der Waals surface area contributed by atoms with E-state index in [2.05, 4.69) is 50.3 Å². The van der Waals surface area contributed by atoms with Crippen LogP contribution in [0.2, 0.25) is 0 Å². The quantitative estimate of drug-likeness (QED) is 0.0214. The standard InChI is InChI=1S/C51H98NO7P/c1-6-8-10-12-14-16-18-20-22-23-24-25-26-27-28-29-30-32-34-36-38-40-42-44-51(53)59-50(49-58-60(54,55)57-47-45-52(3,4)5)48-56-46-43-41-39-37-35-33-31-21-19-17-15-13-11-9-7-2/h18-21,23-24,50H,6-17,22,25-49H2,1-5H3/p+1/b20-18-,21-19-,24-23-. The van der Waals surface area contributed by atoms with Crippen molar-refractivity contribution >= 4 is 13.8 Å². The van der Waals surface area contributed by atoms with Crippen molar-refractivity contribution in [3.8, 4) is 0 Å². The Morgan fingerprint density at radius 1 is 0.517 bits per heavy atom. The number of carbonyl (C=O) groups is 1. The van der Waals surface area contributed by atoms with Gasteiger partial charge in [0.25, 0.3) is 0 Å². The van der Waals surface area contributed by atoms with E-state index in [1.165, 1.54) is 167 Å². The molecular formula is C51H99NO7P+. The van der Waals surface area contributed by atoms with Crippen molar-refractivity contribution < 1.29 is 37.3 Å². The highest BCUT2D eigenvalue weighted by atomic mass is 31.2. The topological polar surface area (TPSA) is 91.3 Å². The maximum atomic E-state index is 12.8.